The van der Waals surface area contributed by atoms with Crippen LogP contribution in [0, 0.1) is 5.82 Å². The number of fused-ring (bicyclic) bond motifs is 3. The minimum Gasteiger partial charge on any atom is -0.298 e. The van der Waals surface area contributed by atoms with Crippen molar-refractivity contribution in [1.29, 1.82) is 0 Å². The highest BCUT2D eigenvalue weighted by Crippen LogP contribution is 2.38. The van der Waals surface area contributed by atoms with Crippen LogP contribution >= 0.6 is 0 Å². The van der Waals surface area contributed by atoms with Crippen LogP contribution in [0.1, 0.15) is 34.0 Å². The summed E-state index contributed by atoms with van der Waals surface area (Å²) >= 11 is 0. The van der Waals surface area contributed by atoms with Crippen LogP contribution in [0.5, 0.6) is 0 Å². The Labute approximate surface area is 157 Å². The van der Waals surface area contributed by atoms with E-state index in [9.17, 15) is 17.6 Å². The third-order valence-corrected chi connectivity index (χ3v) is 6.72. The molecule has 0 fully saturated rings. The summed E-state index contributed by atoms with van der Waals surface area (Å²) in [6, 6.07) is 10.9. The second-order valence-electron chi connectivity index (χ2n) is 6.63. The van der Waals surface area contributed by atoms with E-state index < -0.39 is 15.8 Å². The van der Waals surface area contributed by atoms with Crippen LogP contribution in [0.4, 0.5) is 4.39 Å². The average Bonchev–Trinajstić information content (AvgIpc) is 3.07. The lowest BCUT2D eigenvalue weighted by molar-refractivity contribution is 0.112. The number of hydrogen-bond acceptors (Lipinski definition) is 3. The van der Waals surface area contributed by atoms with Gasteiger partial charge in [-0.3, -0.25) is 4.79 Å². The maximum atomic E-state index is 13.6. The fourth-order valence-corrected chi connectivity index (χ4v) is 5.12. The Balaban J connectivity index is 1.99. The lowest BCUT2D eigenvalue weighted by Gasteiger charge is -2.21. The average molecular weight is 383 g/mol. The van der Waals surface area contributed by atoms with E-state index in [2.05, 4.69) is 13.0 Å². The molecule has 0 amide bonds. The Morgan fingerprint density at radius 3 is 2.67 bits per heavy atom. The summed E-state index contributed by atoms with van der Waals surface area (Å²) in [5, 5.41) is 0. The zero-order valence-corrected chi connectivity index (χ0v) is 15.6. The SMILES string of the molecule is CCc1ccc2c(c1)CCc1c(C=O)cn(S(=O)(=O)c3cccc(F)c3)c1-2. The van der Waals surface area contributed by atoms with E-state index in [1.165, 1.54) is 30.0 Å². The molecule has 0 saturated heterocycles. The summed E-state index contributed by atoms with van der Waals surface area (Å²) in [5.74, 6) is -0.624. The van der Waals surface area contributed by atoms with E-state index in [0.717, 1.165) is 39.6 Å². The van der Waals surface area contributed by atoms with Crippen LogP contribution in [0.15, 0.2) is 53.6 Å². The molecule has 3 aromatic rings. The van der Waals surface area contributed by atoms with Gasteiger partial charge >= 0.3 is 0 Å². The number of carbonyl (C=O) groups is 1. The van der Waals surface area contributed by atoms with E-state index in [0.29, 0.717) is 24.0 Å². The summed E-state index contributed by atoms with van der Waals surface area (Å²) < 4.78 is 41.1. The van der Waals surface area contributed by atoms with Gasteiger partial charge in [0.2, 0.25) is 0 Å². The molecule has 27 heavy (non-hydrogen) atoms. The van der Waals surface area contributed by atoms with E-state index in [1.54, 1.807) is 0 Å². The van der Waals surface area contributed by atoms with Crippen molar-refractivity contribution in [1.82, 2.24) is 3.97 Å². The third-order valence-electron chi connectivity index (χ3n) is 5.07. The first-order valence-corrected chi connectivity index (χ1v) is 10.2. The molecule has 0 unspecified atom stereocenters. The van der Waals surface area contributed by atoms with E-state index in [-0.39, 0.29) is 4.90 Å². The molecule has 6 heteroatoms. The quantitative estimate of drug-likeness (QED) is 0.640. The Kier molecular flexibility index (Phi) is 4.23. The molecular formula is C21H18FNO3S. The molecule has 0 atom stereocenters. The number of aldehydes is 1. The normalized spacial score (nSPS) is 13.1. The first-order valence-electron chi connectivity index (χ1n) is 8.78. The number of rotatable bonds is 4. The molecule has 0 aliphatic heterocycles. The summed E-state index contributed by atoms with van der Waals surface area (Å²) in [4.78, 5) is 11.4. The summed E-state index contributed by atoms with van der Waals surface area (Å²) in [5.41, 5.74) is 4.63. The number of carbonyl (C=O) groups excluding carboxylic acids is 1. The molecular weight excluding hydrogens is 365 g/mol. The summed E-state index contributed by atoms with van der Waals surface area (Å²) in [7, 11) is -4.03. The van der Waals surface area contributed by atoms with Gasteiger partial charge in [-0.15, -0.1) is 0 Å². The van der Waals surface area contributed by atoms with Crippen molar-refractivity contribution in [2.24, 2.45) is 0 Å². The largest absolute Gasteiger partial charge is 0.298 e. The Hall–Kier alpha value is -2.73. The summed E-state index contributed by atoms with van der Waals surface area (Å²) in [6.07, 6.45) is 4.27. The molecule has 4 rings (SSSR count). The number of aryl methyl sites for hydroxylation is 2. The first-order chi connectivity index (χ1) is 13.0. The highest BCUT2D eigenvalue weighted by Gasteiger charge is 2.29. The van der Waals surface area contributed by atoms with Crippen LogP contribution in [0.3, 0.4) is 0 Å². The molecule has 0 saturated carbocycles. The zero-order chi connectivity index (χ0) is 19.2. The highest BCUT2D eigenvalue weighted by atomic mass is 32.2. The molecule has 0 radical (unpaired) electrons. The number of benzene rings is 2. The Morgan fingerprint density at radius 2 is 1.96 bits per heavy atom. The third kappa shape index (κ3) is 2.80. The molecule has 0 bridgehead atoms. The zero-order valence-electron chi connectivity index (χ0n) is 14.8. The smallest absolute Gasteiger partial charge is 0.268 e. The van der Waals surface area contributed by atoms with Crippen molar-refractivity contribution in [3.63, 3.8) is 0 Å². The molecule has 1 aliphatic rings. The fraction of sp³-hybridized carbons (Fsp3) is 0.190. The van der Waals surface area contributed by atoms with Gasteiger partial charge < -0.3 is 0 Å². The molecule has 0 spiro atoms. The van der Waals surface area contributed by atoms with Gasteiger partial charge in [0.1, 0.15) is 5.82 Å². The number of hydrogen-bond donors (Lipinski definition) is 0. The van der Waals surface area contributed by atoms with Crippen LogP contribution in [0.2, 0.25) is 0 Å². The van der Waals surface area contributed by atoms with Crippen molar-refractivity contribution in [3.8, 4) is 11.3 Å². The van der Waals surface area contributed by atoms with E-state index in [4.69, 9.17) is 0 Å². The molecule has 2 aromatic carbocycles. The van der Waals surface area contributed by atoms with Crippen molar-refractivity contribution < 1.29 is 17.6 Å². The first kappa shape index (κ1) is 17.7. The van der Waals surface area contributed by atoms with Crippen LogP contribution in [-0.2, 0) is 29.3 Å². The number of nitrogens with zero attached hydrogens (tertiary/aromatic N) is 1. The van der Waals surface area contributed by atoms with Gasteiger partial charge in [0, 0.05) is 17.3 Å². The van der Waals surface area contributed by atoms with Crippen LogP contribution in [0.25, 0.3) is 11.3 Å². The standard InChI is InChI=1S/C21H18FNO3S/c1-2-14-6-8-19-15(10-14)7-9-20-16(13-24)12-23(21(19)20)27(25,26)18-5-3-4-17(22)11-18/h3-6,8,10-13H,2,7,9H2,1H3. The molecule has 4 nitrogen and oxygen atoms in total. The second-order valence-corrected chi connectivity index (χ2v) is 8.45. The lowest BCUT2D eigenvalue weighted by atomic mass is 9.87. The molecule has 1 aromatic heterocycles. The lowest BCUT2D eigenvalue weighted by Crippen LogP contribution is -2.16. The minimum absolute atomic E-state index is 0.143. The fourth-order valence-electron chi connectivity index (χ4n) is 3.68. The van der Waals surface area contributed by atoms with Crippen molar-refractivity contribution in [2.45, 2.75) is 31.1 Å². The van der Waals surface area contributed by atoms with Gasteiger partial charge in [-0.2, -0.15) is 0 Å². The number of halogens is 1. The molecule has 0 N–H and O–H groups in total. The predicted molar refractivity (Wildman–Crippen MR) is 101 cm³/mol. The summed E-state index contributed by atoms with van der Waals surface area (Å²) in [6.45, 7) is 2.07. The molecule has 138 valence electrons. The minimum atomic E-state index is -4.03. The Bertz CT molecular complexity index is 1160. The van der Waals surface area contributed by atoms with Crippen molar-refractivity contribution >= 4 is 16.3 Å². The van der Waals surface area contributed by atoms with Gasteiger partial charge in [0.25, 0.3) is 10.0 Å². The second kappa shape index (κ2) is 6.46. The van der Waals surface area contributed by atoms with Gasteiger partial charge in [-0.1, -0.05) is 31.2 Å². The van der Waals surface area contributed by atoms with E-state index >= 15 is 0 Å². The maximum Gasteiger partial charge on any atom is 0.268 e. The number of aromatic nitrogens is 1. The van der Waals surface area contributed by atoms with Crippen LogP contribution < -0.4 is 0 Å². The van der Waals surface area contributed by atoms with Crippen molar-refractivity contribution in [2.75, 3.05) is 0 Å². The maximum absolute atomic E-state index is 13.6. The topological polar surface area (TPSA) is 56.1 Å². The van der Waals surface area contributed by atoms with Crippen LogP contribution in [-0.4, -0.2) is 18.7 Å². The van der Waals surface area contributed by atoms with Gasteiger partial charge in [0.05, 0.1) is 10.6 Å². The predicted octanol–water partition coefficient (Wildman–Crippen LogP) is 4.00. The van der Waals surface area contributed by atoms with Gasteiger partial charge in [-0.25, -0.2) is 16.8 Å². The van der Waals surface area contributed by atoms with Gasteiger partial charge in [-0.05, 0) is 54.2 Å². The molecule has 1 aliphatic carbocycles. The van der Waals surface area contributed by atoms with Gasteiger partial charge in [0.15, 0.2) is 6.29 Å². The molecule has 1 heterocycles. The van der Waals surface area contributed by atoms with E-state index in [1.807, 2.05) is 12.1 Å². The van der Waals surface area contributed by atoms with Crippen molar-refractivity contribution in [3.05, 3.63) is 76.7 Å². The highest BCUT2D eigenvalue weighted by molar-refractivity contribution is 7.90. The monoisotopic (exact) mass is 383 g/mol. The Morgan fingerprint density at radius 1 is 1.15 bits per heavy atom.